The molecule has 1 fully saturated rings. The Morgan fingerprint density at radius 3 is 2.86 bits per heavy atom. The zero-order valence-corrected chi connectivity index (χ0v) is 16.0. The summed E-state index contributed by atoms with van der Waals surface area (Å²) in [6.45, 7) is 2.82. The second-order valence-electron chi connectivity index (χ2n) is 7.09. The Morgan fingerprint density at radius 1 is 1.25 bits per heavy atom. The van der Waals surface area contributed by atoms with Crippen molar-refractivity contribution in [1.29, 1.82) is 0 Å². The highest BCUT2D eigenvalue weighted by Crippen LogP contribution is 2.32. The molecule has 0 amide bonds. The average molecular weight is 378 g/mol. The molecule has 6 heteroatoms. The maximum absolute atomic E-state index is 12.2. The van der Waals surface area contributed by atoms with Crippen LogP contribution in [-0.4, -0.2) is 30.6 Å². The minimum atomic E-state index is -0.428. The van der Waals surface area contributed by atoms with Gasteiger partial charge in [0.25, 0.3) is 0 Å². The minimum Gasteiger partial charge on any atom is -0.469 e. The van der Waals surface area contributed by atoms with E-state index >= 15 is 0 Å². The molecule has 3 heterocycles. The van der Waals surface area contributed by atoms with E-state index in [-0.39, 0.29) is 12.0 Å². The van der Waals surface area contributed by atoms with Gasteiger partial charge in [-0.2, -0.15) is 4.98 Å². The van der Waals surface area contributed by atoms with E-state index in [0.717, 1.165) is 41.5 Å². The molecule has 0 radical (unpaired) electrons. The van der Waals surface area contributed by atoms with Crippen LogP contribution < -0.4 is 10.5 Å². The summed E-state index contributed by atoms with van der Waals surface area (Å²) in [4.78, 5) is 30.6. The molecule has 144 valence electrons. The maximum atomic E-state index is 12.2. The zero-order chi connectivity index (χ0) is 19.7. The molecule has 1 unspecified atom stereocenters. The average Bonchev–Trinajstić information content (AvgIpc) is 3.15. The number of aryl methyl sites for hydroxylation is 1. The SMILES string of the molecule is COC(=O)CC1CCCN1c1ccc2c(-c3ccccc3C)cc(=O)oc2n1. The minimum absolute atomic E-state index is 0.0451. The van der Waals surface area contributed by atoms with Gasteiger partial charge >= 0.3 is 11.6 Å². The molecular formula is C22H22N2O4. The second kappa shape index (κ2) is 7.46. The lowest BCUT2D eigenvalue weighted by Gasteiger charge is -2.25. The fourth-order valence-electron chi connectivity index (χ4n) is 3.92. The highest BCUT2D eigenvalue weighted by Gasteiger charge is 2.28. The van der Waals surface area contributed by atoms with Gasteiger partial charge in [-0.25, -0.2) is 4.79 Å². The third kappa shape index (κ3) is 3.38. The first kappa shape index (κ1) is 18.2. The quantitative estimate of drug-likeness (QED) is 0.645. The van der Waals surface area contributed by atoms with Gasteiger partial charge in [0.2, 0.25) is 5.71 Å². The Hall–Kier alpha value is -3.15. The number of carbonyl (C=O) groups is 1. The molecule has 1 saturated heterocycles. The number of anilines is 1. The Labute approximate surface area is 162 Å². The molecule has 0 bridgehead atoms. The van der Waals surface area contributed by atoms with Crippen LogP contribution in [0.1, 0.15) is 24.8 Å². The van der Waals surface area contributed by atoms with Crippen LogP contribution in [0.15, 0.2) is 51.7 Å². The van der Waals surface area contributed by atoms with Crippen molar-refractivity contribution < 1.29 is 13.9 Å². The molecule has 2 aromatic heterocycles. The first-order valence-corrected chi connectivity index (χ1v) is 9.41. The number of fused-ring (bicyclic) bond motifs is 1. The van der Waals surface area contributed by atoms with Crippen LogP contribution in [0.2, 0.25) is 0 Å². The molecular weight excluding hydrogens is 356 g/mol. The van der Waals surface area contributed by atoms with Crippen molar-refractivity contribution in [3.05, 3.63) is 58.4 Å². The van der Waals surface area contributed by atoms with E-state index in [4.69, 9.17) is 9.15 Å². The van der Waals surface area contributed by atoms with Gasteiger partial charge in [-0.15, -0.1) is 0 Å². The van der Waals surface area contributed by atoms with Gasteiger partial charge in [0.05, 0.1) is 13.5 Å². The summed E-state index contributed by atoms with van der Waals surface area (Å²) >= 11 is 0. The molecule has 0 spiro atoms. The smallest absolute Gasteiger partial charge is 0.338 e. The normalized spacial score (nSPS) is 16.5. The number of esters is 1. The van der Waals surface area contributed by atoms with Crippen molar-refractivity contribution in [2.75, 3.05) is 18.6 Å². The number of carbonyl (C=O) groups excluding carboxylic acids is 1. The third-order valence-electron chi connectivity index (χ3n) is 5.33. The summed E-state index contributed by atoms with van der Waals surface area (Å²) in [5.41, 5.74) is 2.77. The van der Waals surface area contributed by atoms with Crippen LogP contribution in [0, 0.1) is 6.92 Å². The number of hydrogen-bond acceptors (Lipinski definition) is 6. The molecule has 0 aliphatic carbocycles. The monoisotopic (exact) mass is 378 g/mol. The zero-order valence-electron chi connectivity index (χ0n) is 16.0. The number of aromatic nitrogens is 1. The highest BCUT2D eigenvalue weighted by atomic mass is 16.5. The molecule has 1 aromatic carbocycles. The van der Waals surface area contributed by atoms with E-state index < -0.39 is 5.63 Å². The van der Waals surface area contributed by atoms with Gasteiger partial charge < -0.3 is 14.1 Å². The van der Waals surface area contributed by atoms with E-state index in [1.54, 1.807) is 0 Å². The van der Waals surface area contributed by atoms with Crippen molar-refractivity contribution in [3.8, 4) is 11.1 Å². The largest absolute Gasteiger partial charge is 0.469 e. The molecule has 1 aliphatic rings. The first-order valence-electron chi connectivity index (χ1n) is 9.41. The van der Waals surface area contributed by atoms with Gasteiger partial charge in [0.1, 0.15) is 5.82 Å². The van der Waals surface area contributed by atoms with Gasteiger partial charge in [0, 0.05) is 29.6 Å². The highest BCUT2D eigenvalue weighted by molar-refractivity contribution is 5.93. The van der Waals surface area contributed by atoms with Gasteiger partial charge in [-0.3, -0.25) is 4.79 Å². The Morgan fingerprint density at radius 2 is 2.07 bits per heavy atom. The summed E-state index contributed by atoms with van der Waals surface area (Å²) < 4.78 is 10.2. The van der Waals surface area contributed by atoms with E-state index in [0.29, 0.717) is 18.0 Å². The van der Waals surface area contributed by atoms with Crippen LogP contribution in [0.25, 0.3) is 22.2 Å². The number of ether oxygens (including phenoxy) is 1. The van der Waals surface area contributed by atoms with Crippen LogP contribution in [-0.2, 0) is 9.53 Å². The molecule has 6 nitrogen and oxygen atoms in total. The van der Waals surface area contributed by atoms with Crippen molar-refractivity contribution in [1.82, 2.24) is 4.98 Å². The summed E-state index contributed by atoms with van der Waals surface area (Å²) in [6, 6.07) is 13.4. The molecule has 3 aromatic rings. The molecule has 0 N–H and O–H groups in total. The lowest BCUT2D eigenvalue weighted by Crippen LogP contribution is -2.32. The number of benzene rings is 1. The van der Waals surface area contributed by atoms with Crippen molar-refractivity contribution in [2.45, 2.75) is 32.2 Å². The van der Waals surface area contributed by atoms with Gasteiger partial charge in [-0.1, -0.05) is 24.3 Å². The predicted molar refractivity (Wildman–Crippen MR) is 107 cm³/mol. The predicted octanol–water partition coefficient (Wildman–Crippen LogP) is 3.70. The first-order chi connectivity index (χ1) is 13.6. The Balaban J connectivity index is 1.77. The number of rotatable bonds is 4. The summed E-state index contributed by atoms with van der Waals surface area (Å²) in [5.74, 6) is 0.482. The molecule has 28 heavy (non-hydrogen) atoms. The van der Waals surface area contributed by atoms with Crippen molar-refractivity contribution in [2.24, 2.45) is 0 Å². The summed E-state index contributed by atoms with van der Waals surface area (Å²) in [7, 11) is 1.40. The van der Waals surface area contributed by atoms with Crippen LogP contribution in [0.4, 0.5) is 5.82 Å². The van der Waals surface area contributed by atoms with E-state index in [2.05, 4.69) is 9.88 Å². The Kier molecular flexibility index (Phi) is 4.86. The van der Waals surface area contributed by atoms with Crippen LogP contribution >= 0.6 is 0 Å². The second-order valence-corrected chi connectivity index (χ2v) is 7.09. The lowest BCUT2D eigenvalue weighted by molar-refractivity contribution is -0.140. The molecule has 1 aliphatic heterocycles. The Bertz CT molecular complexity index is 1090. The standard InChI is InChI=1S/C22H22N2O4/c1-14-6-3-4-8-16(14)18-13-21(26)28-22-17(18)9-10-19(23-22)24-11-5-7-15(24)12-20(25)27-2/h3-4,6,8-10,13,15H,5,7,11-12H2,1-2H3. The summed E-state index contributed by atoms with van der Waals surface area (Å²) in [6.07, 6.45) is 2.21. The fourth-order valence-corrected chi connectivity index (χ4v) is 3.92. The number of nitrogens with zero attached hydrogens (tertiary/aromatic N) is 2. The van der Waals surface area contributed by atoms with Gasteiger partial charge in [0.15, 0.2) is 0 Å². The molecule has 1 atom stereocenters. The van der Waals surface area contributed by atoms with E-state index in [9.17, 15) is 9.59 Å². The van der Waals surface area contributed by atoms with E-state index in [1.165, 1.54) is 13.2 Å². The number of methoxy groups -OCH3 is 1. The molecule has 0 saturated carbocycles. The number of pyridine rings is 1. The van der Waals surface area contributed by atoms with Crippen molar-refractivity contribution >= 4 is 22.9 Å². The van der Waals surface area contributed by atoms with E-state index in [1.807, 2.05) is 43.3 Å². The van der Waals surface area contributed by atoms with Crippen LogP contribution in [0.3, 0.4) is 0 Å². The number of hydrogen-bond donors (Lipinski definition) is 0. The van der Waals surface area contributed by atoms with Gasteiger partial charge in [-0.05, 0) is 43.0 Å². The topological polar surface area (TPSA) is 72.6 Å². The summed E-state index contributed by atoms with van der Waals surface area (Å²) in [5, 5.41) is 0.793. The van der Waals surface area contributed by atoms with Crippen LogP contribution in [0.5, 0.6) is 0 Å². The lowest BCUT2D eigenvalue weighted by atomic mass is 9.99. The third-order valence-corrected chi connectivity index (χ3v) is 5.33. The maximum Gasteiger partial charge on any atom is 0.338 e. The van der Waals surface area contributed by atoms with Crippen molar-refractivity contribution in [3.63, 3.8) is 0 Å². The molecule has 4 rings (SSSR count). The fraction of sp³-hybridized carbons (Fsp3) is 0.318.